The van der Waals surface area contributed by atoms with Crippen LogP contribution in [0.2, 0.25) is 0 Å². The number of nitrogens with one attached hydrogen (secondary N) is 1. The zero-order valence-electron chi connectivity index (χ0n) is 11.9. The van der Waals surface area contributed by atoms with Crippen LogP contribution in [0.3, 0.4) is 0 Å². The Hall–Kier alpha value is -0.610. The molecule has 0 aromatic rings. The largest absolute Gasteiger partial charge is 0.383 e. The molecule has 0 bridgehead atoms. The average molecular weight is 256 g/mol. The third-order valence-electron chi connectivity index (χ3n) is 3.63. The highest BCUT2D eigenvalue weighted by Crippen LogP contribution is 2.15. The van der Waals surface area contributed by atoms with Crippen LogP contribution in [0.4, 0.5) is 0 Å². The number of carbonyl (C=O) groups excluding carboxylic acids is 1. The number of hydrogen-bond acceptors (Lipinski definition) is 3. The highest BCUT2D eigenvalue weighted by molar-refractivity contribution is 5.76. The topological polar surface area (TPSA) is 41.6 Å². The Labute approximate surface area is 111 Å². The summed E-state index contributed by atoms with van der Waals surface area (Å²) in [5, 5.41) is 3.35. The van der Waals surface area contributed by atoms with E-state index in [9.17, 15) is 4.79 Å². The molecule has 1 heterocycles. The fourth-order valence-corrected chi connectivity index (χ4v) is 2.36. The number of unbranched alkanes of at least 4 members (excludes halogenated alkanes) is 1. The zero-order valence-corrected chi connectivity index (χ0v) is 11.9. The summed E-state index contributed by atoms with van der Waals surface area (Å²) in [6.07, 6.45) is 5.16. The molecule has 1 unspecified atom stereocenters. The number of carbonyl (C=O) groups is 1. The van der Waals surface area contributed by atoms with Gasteiger partial charge in [-0.3, -0.25) is 4.79 Å². The third-order valence-corrected chi connectivity index (χ3v) is 3.63. The van der Waals surface area contributed by atoms with Gasteiger partial charge in [0, 0.05) is 26.6 Å². The highest BCUT2D eigenvalue weighted by atomic mass is 16.5. The first-order chi connectivity index (χ1) is 8.77. The molecule has 18 heavy (non-hydrogen) atoms. The van der Waals surface area contributed by atoms with Crippen molar-refractivity contribution in [2.24, 2.45) is 5.92 Å². The predicted molar refractivity (Wildman–Crippen MR) is 73.6 cm³/mol. The minimum atomic E-state index is 0.299. The van der Waals surface area contributed by atoms with Gasteiger partial charge in [-0.15, -0.1) is 0 Å². The summed E-state index contributed by atoms with van der Waals surface area (Å²) in [6.45, 7) is 6.60. The standard InChI is InChI=1S/C14H28N2O2/c1-3-4-9-16(10-11-18-2)14(17)6-5-13-7-8-15-12-13/h13,15H,3-12H2,1-2H3. The number of ether oxygens (including phenoxy) is 1. The van der Waals surface area contributed by atoms with Crippen molar-refractivity contribution < 1.29 is 9.53 Å². The molecule has 1 rings (SSSR count). The first kappa shape index (κ1) is 15.4. The number of amides is 1. The molecule has 0 aromatic heterocycles. The Morgan fingerprint density at radius 3 is 2.89 bits per heavy atom. The minimum absolute atomic E-state index is 0.299. The molecule has 106 valence electrons. The maximum atomic E-state index is 12.2. The monoisotopic (exact) mass is 256 g/mol. The van der Waals surface area contributed by atoms with E-state index in [2.05, 4.69) is 12.2 Å². The van der Waals surface area contributed by atoms with Gasteiger partial charge in [0.05, 0.1) is 6.61 Å². The van der Waals surface area contributed by atoms with Crippen LogP contribution in [0.25, 0.3) is 0 Å². The Morgan fingerprint density at radius 1 is 1.44 bits per heavy atom. The van der Waals surface area contributed by atoms with E-state index in [0.29, 0.717) is 24.9 Å². The molecule has 1 amide bonds. The number of nitrogens with zero attached hydrogens (tertiary/aromatic N) is 1. The van der Waals surface area contributed by atoms with Gasteiger partial charge in [-0.1, -0.05) is 13.3 Å². The van der Waals surface area contributed by atoms with E-state index in [1.54, 1.807) is 7.11 Å². The summed E-state index contributed by atoms with van der Waals surface area (Å²) in [5.41, 5.74) is 0. The second-order valence-corrected chi connectivity index (χ2v) is 5.12. The molecule has 1 atom stereocenters. The Kier molecular flexibility index (Phi) is 8.01. The van der Waals surface area contributed by atoms with Crippen LogP contribution in [-0.4, -0.2) is 50.7 Å². The fraction of sp³-hybridized carbons (Fsp3) is 0.929. The SMILES string of the molecule is CCCCN(CCOC)C(=O)CCC1CCNC1. The van der Waals surface area contributed by atoms with Crippen LogP contribution >= 0.6 is 0 Å². The van der Waals surface area contributed by atoms with E-state index >= 15 is 0 Å². The summed E-state index contributed by atoms with van der Waals surface area (Å²) in [5.74, 6) is 0.997. The van der Waals surface area contributed by atoms with Crippen molar-refractivity contribution in [3.63, 3.8) is 0 Å². The highest BCUT2D eigenvalue weighted by Gasteiger charge is 2.18. The van der Waals surface area contributed by atoms with Gasteiger partial charge >= 0.3 is 0 Å². The molecule has 0 spiro atoms. The van der Waals surface area contributed by atoms with Crippen LogP contribution in [-0.2, 0) is 9.53 Å². The predicted octanol–water partition coefficient (Wildman–Crippen LogP) is 1.65. The van der Waals surface area contributed by atoms with Crippen molar-refractivity contribution in [1.82, 2.24) is 10.2 Å². The minimum Gasteiger partial charge on any atom is -0.383 e. The molecule has 1 aliphatic heterocycles. The molecule has 1 fully saturated rings. The van der Waals surface area contributed by atoms with Gasteiger partial charge in [-0.05, 0) is 38.3 Å². The van der Waals surface area contributed by atoms with Gasteiger partial charge in [0.25, 0.3) is 0 Å². The van der Waals surface area contributed by atoms with E-state index in [-0.39, 0.29) is 0 Å². The molecule has 0 aromatic carbocycles. The zero-order chi connectivity index (χ0) is 13.2. The average Bonchev–Trinajstić information content (AvgIpc) is 2.89. The first-order valence-electron chi connectivity index (χ1n) is 7.25. The first-order valence-corrected chi connectivity index (χ1v) is 7.25. The van der Waals surface area contributed by atoms with Crippen molar-refractivity contribution in [3.05, 3.63) is 0 Å². The normalized spacial score (nSPS) is 19.1. The fourth-order valence-electron chi connectivity index (χ4n) is 2.36. The second-order valence-electron chi connectivity index (χ2n) is 5.12. The van der Waals surface area contributed by atoms with E-state index in [1.165, 1.54) is 6.42 Å². The molecule has 0 radical (unpaired) electrons. The lowest BCUT2D eigenvalue weighted by Gasteiger charge is -2.22. The number of hydrogen-bond donors (Lipinski definition) is 1. The molecule has 0 aliphatic carbocycles. The maximum Gasteiger partial charge on any atom is 0.222 e. The van der Waals surface area contributed by atoms with Gasteiger partial charge in [0.1, 0.15) is 0 Å². The number of rotatable bonds is 9. The van der Waals surface area contributed by atoms with Crippen molar-refractivity contribution in [1.29, 1.82) is 0 Å². The molecule has 0 saturated carbocycles. The lowest BCUT2D eigenvalue weighted by Crippen LogP contribution is -2.35. The lowest BCUT2D eigenvalue weighted by atomic mass is 10.0. The van der Waals surface area contributed by atoms with Gasteiger partial charge in [-0.25, -0.2) is 0 Å². The van der Waals surface area contributed by atoms with Crippen LogP contribution in [0.15, 0.2) is 0 Å². The van der Waals surface area contributed by atoms with Crippen LogP contribution in [0.5, 0.6) is 0 Å². The van der Waals surface area contributed by atoms with Crippen molar-refractivity contribution in [3.8, 4) is 0 Å². The summed E-state index contributed by atoms with van der Waals surface area (Å²) in [6, 6.07) is 0. The molecular weight excluding hydrogens is 228 g/mol. The van der Waals surface area contributed by atoms with Gasteiger partial charge in [-0.2, -0.15) is 0 Å². The summed E-state index contributed by atoms with van der Waals surface area (Å²) in [4.78, 5) is 14.1. The smallest absolute Gasteiger partial charge is 0.222 e. The lowest BCUT2D eigenvalue weighted by molar-refractivity contribution is -0.132. The van der Waals surface area contributed by atoms with Gasteiger partial charge in [0.2, 0.25) is 5.91 Å². The quantitative estimate of drug-likeness (QED) is 0.682. The maximum absolute atomic E-state index is 12.2. The Morgan fingerprint density at radius 2 is 2.28 bits per heavy atom. The van der Waals surface area contributed by atoms with Gasteiger partial charge < -0.3 is 15.0 Å². The number of methoxy groups -OCH3 is 1. The molecule has 1 N–H and O–H groups in total. The molecule has 1 saturated heterocycles. The van der Waals surface area contributed by atoms with Crippen molar-refractivity contribution in [2.75, 3.05) is 39.9 Å². The molecule has 1 aliphatic rings. The van der Waals surface area contributed by atoms with E-state index in [0.717, 1.165) is 45.4 Å². The second kappa shape index (κ2) is 9.34. The van der Waals surface area contributed by atoms with Gasteiger partial charge in [0.15, 0.2) is 0 Å². The van der Waals surface area contributed by atoms with Crippen LogP contribution in [0.1, 0.15) is 39.0 Å². The van der Waals surface area contributed by atoms with Crippen LogP contribution < -0.4 is 5.32 Å². The molecule has 4 nitrogen and oxygen atoms in total. The van der Waals surface area contributed by atoms with E-state index in [1.807, 2.05) is 4.90 Å². The summed E-state index contributed by atoms with van der Waals surface area (Å²) >= 11 is 0. The summed E-state index contributed by atoms with van der Waals surface area (Å²) in [7, 11) is 1.69. The van der Waals surface area contributed by atoms with Crippen molar-refractivity contribution in [2.45, 2.75) is 39.0 Å². The van der Waals surface area contributed by atoms with Crippen molar-refractivity contribution >= 4 is 5.91 Å². The van der Waals surface area contributed by atoms with E-state index < -0.39 is 0 Å². The Bertz CT molecular complexity index is 220. The van der Waals surface area contributed by atoms with Crippen LogP contribution in [0, 0.1) is 5.92 Å². The molecular formula is C14H28N2O2. The summed E-state index contributed by atoms with van der Waals surface area (Å²) < 4.78 is 5.08. The molecule has 4 heteroatoms. The third kappa shape index (κ3) is 5.83. The van der Waals surface area contributed by atoms with E-state index in [4.69, 9.17) is 4.74 Å². The Balaban J connectivity index is 2.27.